The molecule has 1 saturated heterocycles. The first kappa shape index (κ1) is 19.7. The van der Waals surface area contributed by atoms with E-state index in [1.807, 2.05) is 0 Å². The van der Waals surface area contributed by atoms with Gasteiger partial charge in [-0.15, -0.1) is 0 Å². The van der Waals surface area contributed by atoms with Gasteiger partial charge >= 0.3 is 0 Å². The molecule has 0 unspecified atom stereocenters. The molecule has 2 rings (SSSR count). The average molecular weight is 366 g/mol. The fraction of sp³-hybridized carbons (Fsp3) is 0.579. The molecule has 0 bridgehead atoms. The van der Waals surface area contributed by atoms with E-state index in [4.69, 9.17) is 11.6 Å². The van der Waals surface area contributed by atoms with E-state index in [1.54, 1.807) is 25.1 Å². The number of hydrogen-bond acceptors (Lipinski definition) is 3. The number of halogens is 1. The third-order valence-corrected chi connectivity index (χ3v) is 4.85. The number of carbonyl (C=O) groups excluding carboxylic acids is 2. The van der Waals surface area contributed by atoms with E-state index in [0.717, 1.165) is 32.5 Å². The van der Waals surface area contributed by atoms with Crippen molar-refractivity contribution in [1.82, 2.24) is 10.2 Å². The molecule has 0 atom stereocenters. The first-order chi connectivity index (χ1) is 12.0. The molecule has 0 spiro atoms. The highest BCUT2D eigenvalue weighted by Gasteiger charge is 2.20. The van der Waals surface area contributed by atoms with E-state index in [9.17, 15) is 9.59 Å². The molecule has 2 amide bonds. The van der Waals surface area contributed by atoms with Crippen LogP contribution in [-0.4, -0.2) is 42.9 Å². The molecule has 0 saturated carbocycles. The van der Waals surface area contributed by atoms with Gasteiger partial charge in [-0.2, -0.15) is 0 Å². The van der Waals surface area contributed by atoms with Gasteiger partial charge in [-0.05, 0) is 63.0 Å². The summed E-state index contributed by atoms with van der Waals surface area (Å²) < 4.78 is 0. The number of anilines is 1. The van der Waals surface area contributed by atoms with Crippen molar-refractivity contribution in [1.29, 1.82) is 0 Å². The van der Waals surface area contributed by atoms with Crippen molar-refractivity contribution in [3.63, 3.8) is 0 Å². The third-order valence-electron chi connectivity index (χ3n) is 4.62. The predicted molar refractivity (Wildman–Crippen MR) is 102 cm³/mol. The molecule has 1 aliphatic heterocycles. The zero-order chi connectivity index (χ0) is 18.2. The Bertz CT molecular complexity index is 598. The van der Waals surface area contributed by atoms with Gasteiger partial charge in [-0.25, -0.2) is 0 Å². The molecule has 5 nitrogen and oxygen atoms in total. The largest absolute Gasteiger partial charge is 0.352 e. The Hall–Kier alpha value is -1.59. The van der Waals surface area contributed by atoms with Gasteiger partial charge < -0.3 is 15.5 Å². The number of nitrogens with zero attached hydrogens (tertiary/aromatic N) is 1. The lowest BCUT2D eigenvalue weighted by atomic mass is 9.96. The minimum absolute atomic E-state index is 0.139. The predicted octanol–water partition coefficient (Wildman–Crippen LogP) is 3.54. The molecule has 1 aromatic carbocycles. The number of likely N-dealkylation sites (tertiary alicyclic amines) is 1. The summed E-state index contributed by atoms with van der Waals surface area (Å²) >= 11 is 6.00. The van der Waals surface area contributed by atoms with Crippen LogP contribution in [0.5, 0.6) is 0 Å². The molecule has 0 aliphatic carbocycles. The van der Waals surface area contributed by atoms with E-state index in [2.05, 4.69) is 22.5 Å². The Morgan fingerprint density at radius 3 is 2.60 bits per heavy atom. The fourth-order valence-corrected chi connectivity index (χ4v) is 3.29. The number of rotatable bonds is 7. The summed E-state index contributed by atoms with van der Waals surface area (Å²) in [5.41, 5.74) is 0.921. The molecule has 0 aromatic heterocycles. The minimum Gasteiger partial charge on any atom is -0.352 e. The topological polar surface area (TPSA) is 61.4 Å². The maximum Gasteiger partial charge on any atom is 0.253 e. The van der Waals surface area contributed by atoms with Gasteiger partial charge in [0, 0.05) is 18.0 Å². The van der Waals surface area contributed by atoms with Gasteiger partial charge in [-0.1, -0.05) is 25.4 Å². The van der Waals surface area contributed by atoms with Gasteiger partial charge in [0.1, 0.15) is 0 Å². The van der Waals surface area contributed by atoms with Crippen LogP contribution in [0.25, 0.3) is 0 Å². The highest BCUT2D eigenvalue weighted by molar-refractivity contribution is 6.31. The van der Waals surface area contributed by atoms with Crippen molar-refractivity contribution in [2.45, 2.75) is 39.5 Å². The fourth-order valence-electron chi connectivity index (χ4n) is 3.12. The summed E-state index contributed by atoms with van der Waals surface area (Å²) in [5, 5.41) is 6.26. The standard InChI is InChI=1S/C19H28ClN3O2/c1-3-9-23-10-7-14(8-11-23)13-21-19(25)16-6-5-15(20)12-17(16)22-18(24)4-2/h5-6,12,14H,3-4,7-11,13H2,1-2H3,(H,21,25)(H,22,24). The van der Waals surface area contributed by atoms with Crippen LogP contribution < -0.4 is 10.6 Å². The Kier molecular flexibility index (Phi) is 7.72. The van der Waals surface area contributed by atoms with Crippen LogP contribution in [0.2, 0.25) is 5.02 Å². The van der Waals surface area contributed by atoms with Crippen molar-refractivity contribution in [3.05, 3.63) is 28.8 Å². The van der Waals surface area contributed by atoms with Crippen molar-refractivity contribution in [3.8, 4) is 0 Å². The van der Waals surface area contributed by atoms with Crippen molar-refractivity contribution in [2.24, 2.45) is 5.92 Å². The van der Waals surface area contributed by atoms with Crippen LogP contribution in [0.1, 0.15) is 49.9 Å². The van der Waals surface area contributed by atoms with Crippen LogP contribution in [-0.2, 0) is 4.79 Å². The number of carbonyl (C=O) groups is 2. The number of benzene rings is 1. The number of nitrogens with one attached hydrogen (secondary N) is 2. The van der Waals surface area contributed by atoms with Gasteiger partial charge in [-0.3, -0.25) is 9.59 Å². The number of piperidine rings is 1. The van der Waals surface area contributed by atoms with E-state index in [0.29, 0.717) is 35.2 Å². The molecule has 1 fully saturated rings. The lowest BCUT2D eigenvalue weighted by Gasteiger charge is -2.31. The summed E-state index contributed by atoms with van der Waals surface area (Å²) in [6.45, 7) is 8.01. The van der Waals surface area contributed by atoms with Gasteiger partial charge in [0.25, 0.3) is 5.91 Å². The summed E-state index contributed by atoms with van der Waals surface area (Å²) in [7, 11) is 0. The van der Waals surface area contributed by atoms with Crippen molar-refractivity contribution < 1.29 is 9.59 Å². The monoisotopic (exact) mass is 365 g/mol. The molecule has 0 radical (unpaired) electrons. The third kappa shape index (κ3) is 6.01. The Morgan fingerprint density at radius 1 is 1.24 bits per heavy atom. The van der Waals surface area contributed by atoms with E-state index < -0.39 is 0 Å². The van der Waals surface area contributed by atoms with Crippen molar-refractivity contribution in [2.75, 3.05) is 31.5 Å². The van der Waals surface area contributed by atoms with Gasteiger partial charge in [0.15, 0.2) is 0 Å². The average Bonchev–Trinajstić information content (AvgIpc) is 2.61. The lowest BCUT2D eigenvalue weighted by molar-refractivity contribution is -0.115. The second kappa shape index (κ2) is 9.78. The molecule has 1 heterocycles. The Balaban J connectivity index is 1.91. The van der Waals surface area contributed by atoms with Crippen LogP contribution in [0.4, 0.5) is 5.69 Å². The minimum atomic E-state index is -0.168. The number of hydrogen-bond donors (Lipinski definition) is 2. The van der Waals surface area contributed by atoms with Crippen LogP contribution in [0.15, 0.2) is 18.2 Å². The summed E-state index contributed by atoms with van der Waals surface area (Å²) in [6.07, 6.45) is 3.76. The normalized spacial score (nSPS) is 15.8. The smallest absolute Gasteiger partial charge is 0.253 e. The molecule has 138 valence electrons. The maximum absolute atomic E-state index is 12.5. The molecule has 25 heavy (non-hydrogen) atoms. The summed E-state index contributed by atoms with van der Waals surface area (Å²) in [5.74, 6) is 0.205. The SMILES string of the molecule is CCCN1CCC(CNC(=O)c2ccc(Cl)cc2NC(=O)CC)CC1. The van der Waals surface area contributed by atoms with Crippen LogP contribution in [0.3, 0.4) is 0 Å². The molecule has 2 N–H and O–H groups in total. The molecule has 6 heteroatoms. The second-order valence-electron chi connectivity index (χ2n) is 6.59. The Morgan fingerprint density at radius 2 is 1.96 bits per heavy atom. The lowest BCUT2D eigenvalue weighted by Crippen LogP contribution is -2.39. The van der Waals surface area contributed by atoms with Crippen LogP contribution >= 0.6 is 11.6 Å². The Labute approximate surface area is 155 Å². The number of amides is 2. The van der Waals surface area contributed by atoms with Crippen molar-refractivity contribution >= 4 is 29.1 Å². The van der Waals surface area contributed by atoms with Crippen LogP contribution in [0, 0.1) is 5.92 Å². The molecule has 1 aromatic rings. The maximum atomic E-state index is 12.5. The highest BCUT2D eigenvalue weighted by Crippen LogP contribution is 2.22. The second-order valence-corrected chi connectivity index (χ2v) is 7.02. The van der Waals surface area contributed by atoms with E-state index in [1.165, 1.54) is 6.42 Å². The molecule has 1 aliphatic rings. The summed E-state index contributed by atoms with van der Waals surface area (Å²) in [6, 6.07) is 4.95. The van der Waals surface area contributed by atoms with E-state index in [-0.39, 0.29) is 11.8 Å². The zero-order valence-electron chi connectivity index (χ0n) is 15.1. The van der Waals surface area contributed by atoms with Gasteiger partial charge in [0.05, 0.1) is 11.3 Å². The first-order valence-electron chi connectivity index (χ1n) is 9.13. The zero-order valence-corrected chi connectivity index (χ0v) is 15.9. The first-order valence-corrected chi connectivity index (χ1v) is 9.51. The van der Waals surface area contributed by atoms with Gasteiger partial charge in [0.2, 0.25) is 5.91 Å². The van der Waals surface area contributed by atoms with E-state index >= 15 is 0 Å². The highest BCUT2D eigenvalue weighted by atomic mass is 35.5. The molecular weight excluding hydrogens is 338 g/mol. The quantitative estimate of drug-likeness (QED) is 0.776. The molecular formula is C19H28ClN3O2. The summed E-state index contributed by atoms with van der Waals surface area (Å²) in [4.78, 5) is 26.7.